The Hall–Kier alpha value is -7.04. The van der Waals surface area contributed by atoms with Gasteiger partial charge in [0.25, 0.3) is 0 Å². The average molecular weight is 713 g/mol. The van der Waals surface area contributed by atoms with Gasteiger partial charge in [-0.1, -0.05) is 72.8 Å². The van der Waals surface area contributed by atoms with E-state index in [-0.39, 0.29) is 56.6 Å². The summed E-state index contributed by atoms with van der Waals surface area (Å²) < 4.78 is 0. The number of hydrogen-bond acceptors (Lipinski definition) is 12. The van der Waals surface area contributed by atoms with Crippen molar-refractivity contribution in [3.63, 3.8) is 0 Å². The number of fused-ring (bicyclic) bond motifs is 20. The molecule has 2 aliphatic rings. The van der Waals surface area contributed by atoms with Gasteiger partial charge in [0.15, 0.2) is 23.3 Å². The molecule has 2 N–H and O–H groups in total. The summed E-state index contributed by atoms with van der Waals surface area (Å²) in [6.45, 7) is 0. The Balaban J connectivity index is 0.00000361. The minimum absolute atomic E-state index is 0. The van der Waals surface area contributed by atoms with Gasteiger partial charge in [-0.05, 0) is 0 Å². The van der Waals surface area contributed by atoms with Crippen molar-refractivity contribution in [2.75, 3.05) is 0 Å². The zero-order valence-electron chi connectivity index (χ0n) is 24.8. The van der Waals surface area contributed by atoms with E-state index in [2.05, 4.69) is 24.9 Å². The van der Waals surface area contributed by atoms with Gasteiger partial charge in [-0.2, -0.15) is 0 Å². The molecule has 2 aliphatic heterocycles. The van der Waals surface area contributed by atoms with Crippen LogP contribution in [0.4, 0.5) is 17.1 Å². The summed E-state index contributed by atoms with van der Waals surface area (Å²) in [5.74, 6) is 0.801. The van der Waals surface area contributed by atoms with Gasteiger partial charge in [0.05, 0.1) is 14.8 Å². The maximum atomic E-state index is 12.5. The van der Waals surface area contributed by atoms with E-state index in [1.54, 1.807) is 48.5 Å². The molecule has 0 saturated heterocycles. The van der Waals surface area contributed by atoms with E-state index in [9.17, 15) is 30.3 Å². The van der Waals surface area contributed by atoms with E-state index in [0.29, 0.717) is 39.4 Å². The van der Waals surface area contributed by atoms with E-state index in [1.165, 1.54) is 0 Å². The van der Waals surface area contributed by atoms with Crippen LogP contribution in [0.25, 0.3) is 89.7 Å². The molecule has 4 aromatic carbocycles. The molecular weight excluding hydrogens is 698 g/mol. The van der Waals surface area contributed by atoms with Crippen LogP contribution >= 0.6 is 0 Å². The number of H-pyrrole nitrogens is 2. The topological polar surface area (TPSA) is 238 Å². The molecule has 8 bridgehead atoms. The molecule has 0 amide bonds. The molecule has 0 spiro atoms. The van der Waals surface area contributed by atoms with Crippen molar-refractivity contribution < 1.29 is 31.8 Å². The third-order valence-corrected chi connectivity index (χ3v) is 8.33. The first kappa shape index (κ1) is 30.3. The van der Waals surface area contributed by atoms with E-state index >= 15 is 0 Å². The second-order valence-corrected chi connectivity index (χ2v) is 11.0. The van der Waals surface area contributed by atoms with Crippen molar-refractivity contribution in [2.45, 2.75) is 0 Å². The van der Waals surface area contributed by atoms with Gasteiger partial charge in [-0.3, -0.25) is 30.3 Å². The van der Waals surface area contributed by atoms with Crippen LogP contribution < -0.4 is 0 Å². The van der Waals surface area contributed by atoms with Crippen LogP contribution in [0.2, 0.25) is 0 Å². The largest absolute Gasteiger partial charge is 2.00 e. The number of nitrogens with one attached hydrogen (secondary N) is 2. The van der Waals surface area contributed by atoms with Crippen molar-refractivity contribution in [2.24, 2.45) is 0 Å². The van der Waals surface area contributed by atoms with Crippen LogP contribution in [0, 0.1) is 30.3 Å². The molecule has 5 heterocycles. The van der Waals surface area contributed by atoms with Crippen LogP contribution in [0.15, 0.2) is 78.9 Å². The van der Waals surface area contributed by atoms with Crippen LogP contribution in [-0.2, 0) is 17.1 Å². The Morgan fingerprint density at radius 1 is 0.460 bits per heavy atom. The first-order chi connectivity index (χ1) is 23.8. The minimum atomic E-state index is -1.29. The third-order valence-electron chi connectivity index (χ3n) is 8.33. The van der Waals surface area contributed by atoms with Gasteiger partial charge in [0.1, 0.15) is 28.0 Å². The Morgan fingerprint density at radius 3 is 1.26 bits per heavy atom. The van der Waals surface area contributed by atoms with Crippen molar-refractivity contribution in [3.05, 3.63) is 109 Å². The van der Waals surface area contributed by atoms with Crippen molar-refractivity contribution in [1.29, 1.82) is 0 Å². The summed E-state index contributed by atoms with van der Waals surface area (Å²) >= 11 is 0. The number of benzene rings is 4. The molecule has 0 aliphatic carbocycles. The summed E-state index contributed by atoms with van der Waals surface area (Å²) in [4.78, 5) is 68.1. The minimum Gasteiger partial charge on any atom is -0.324 e. The summed E-state index contributed by atoms with van der Waals surface area (Å²) in [5.41, 5.74) is -0.572. The molecule has 0 saturated carbocycles. The summed E-state index contributed by atoms with van der Waals surface area (Å²) in [7, 11) is 0. The van der Waals surface area contributed by atoms with Gasteiger partial charge >= 0.3 is 34.1 Å². The van der Waals surface area contributed by atoms with E-state index in [4.69, 9.17) is 15.0 Å². The fourth-order valence-corrected chi connectivity index (χ4v) is 6.25. The molecule has 243 valence electrons. The van der Waals surface area contributed by atoms with Gasteiger partial charge in [-0.25, -0.2) is 29.9 Å². The molecule has 0 unspecified atom stereocenters. The molecule has 9 rings (SSSR count). The van der Waals surface area contributed by atoms with Crippen LogP contribution in [-0.4, -0.2) is 54.6 Å². The second-order valence-electron chi connectivity index (χ2n) is 11.0. The first-order valence-electron chi connectivity index (χ1n) is 14.5. The van der Waals surface area contributed by atoms with Crippen molar-refractivity contribution in [3.8, 4) is 45.6 Å². The third kappa shape index (κ3) is 4.40. The molecule has 17 nitrogen and oxygen atoms in total. The van der Waals surface area contributed by atoms with Gasteiger partial charge in [0.2, 0.25) is 0 Å². The summed E-state index contributed by atoms with van der Waals surface area (Å²) in [6, 6.07) is 22.6. The zero-order chi connectivity index (χ0) is 33.6. The predicted octanol–water partition coefficient (Wildman–Crippen LogP) is 6.59. The number of aromatic amines is 2. The van der Waals surface area contributed by atoms with Gasteiger partial charge in [-0.15, -0.1) is 0 Å². The Labute approximate surface area is 287 Å². The number of nitrogens with zero attached hydrogens (tertiary/aromatic N) is 9. The van der Waals surface area contributed by atoms with Crippen LogP contribution in [0.3, 0.4) is 0 Å². The molecule has 0 fully saturated rings. The molecular formula is C32H15CuN11O6+2. The Kier molecular flexibility index (Phi) is 6.67. The molecule has 0 atom stereocenters. The number of rotatable bonds is 3. The fourth-order valence-electron chi connectivity index (χ4n) is 6.25. The molecule has 7 aromatic rings. The SMILES string of the molecule is O=[N+]([O-])c1cc2c3nc4nc(nc5[nH]c(nc6nc(nc([nH]3)c2c([N+](=O)[O-])c1[N+](=O)[O-])-c1ccccc1-6)c1ccccc51)-c1ccccc1-4.[Cu+2]. The fraction of sp³-hybridized carbons (Fsp3) is 0. The number of aromatic nitrogens is 8. The summed E-state index contributed by atoms with van der Waals surface area (Å²) in [6.07, 6.45) is 0. The molecule has 3 aromatic heterocycles. The Morgan fingerprint density at radius 2 is 0.840 bits per heavy atom. The quantitative estimate of drug-likeness (QED) is 0.112. The first-order valence-corrected chi connectivity index (χ1v) is 14.5. The smallest absolute Gasteiger partial charge is 0.324 e. The van der Waals surface area contributed by atoms with Crippen molar-refractivity contribution >= 4 is 61.2 Å². The van der Waals surface area contributed by atoms with E-state index < -0.39 is 31.8 Å². The van der Waals surface area contributed by atoms with Crippen molar-refractivity contribution in [1.82, 2.24) is 39.9 Å². The van der Waals surface area contributed by atoms with E-state index in [0.717, 1.165) is 16.8 Å². The number of hydrogen-bond donors (Lipinski definition) is 2. The van der Waals surface area contributed by atoms with Crippen LogP contribution in [0.5, 0.6) is 0 Å². The standard InChI is InChI=1S/C32H15N11O6.Cu/c44-41(45)21-13-20-22(24(43(48)49)23(21)42(46)47)32-39-30-19-12-6-5-11-18(19)28(37-30)35-26-15-8-2-1-7-14(15)25(33-26)34-27-16-9-3-4-10-17(16)29(36-27)38-31(20)40-32;/h1-13H,(H2,33,34,35,36,37,38,39,40);/q;+2. The monoisotopic (exact) mass is 712 g/mol. The second kappa shape index (κ2) is 11.0. The average Bonchev–Trinajstić information content (AvgIpc) is 3.83. The summed E-state index contributed by atoms with van der Waals surface area (Å²) in [5, 5.41) is 37.7. The Bertz CT molecular complexity index is 2850. The maximum Gasteiger partial charge on any atom is 2.00 e. The van der Waals surface area contributed by atoms with Crippen LogP contribution in [0.1, 0.15) is 0 Å². The van der Waals surface area contributed by atoms with Gasteiger partial charge in [0, 0.05) is 44.5 Å². The molecule has 18 heteroatoms. The number of nitro groups is 3. The number of nitro benzene ring substituents is 3. The zero-order valence-corrected chi connectivity index (χ0v) is 25.7. The van der Waals surface area contributed by atoms with E-state index in [1.807, 2.05) is 24.3 Å². The molecule has 50 heavy (non-hydrogen) atoms. The predicted molar refractivity (Wildman–Crippen MR) is 176 cm³/mol. The normalized spacial score (nSPS) is 11.5. The maximum absolute atomic E-state index is 12.5. The van der Waals surface area contributed by atoms with Gasteiger partial charge < -0.3 is 9.97 Å². The molecule has 1 radical (unpaired) electrons.